The molecule has 88 valence electrons. The minimum absolute atomic E-state index is 0.0772. The number of amides is 1. The smallest absolute Gasteiger partial charge is 0.240 e. The van der Waals surface area contributed by atoms with E-state index in [2.05, 4.69) is 20.8 Å². The number of hydrogen-bond donors (Lipinski definition) is 3. The van der Waals surface area contributed by atoms with Gasteiger partial charge in [0.1, 0.15) is 0 Å². The number of carbonyl (C=O) groups is 1. The number of nitrogens with one attached hydrogen (secondary N) is 3. The second-order valence-electron chi connectivity index (χ2n) is 4.51. The second kappa shape index (κ2) is 4.65. The Balaban J connectivity index is 1.87. The summed E-state index contributed by atoms with van der Waals surface area (Å²) in [4.78, 5) is 12.0. The molecule has 1 fully saturated rings. The first-order valence-corrected chi connectivity index (χ1v) is 5.72. The van der Waals surface area contributed by atoms with Crippen molar-refractivity contribution >= 4 is 5.91 Å². The molecule has 1 amide bonds. The third-order valence-corrected chi connectivity index (χ3v) is 3.13. The van der Waals surface area contributed by atoms with Crippen LogP contribution in [0, 0.1) is 0 Å². The largest absolute Gasteiger partial charge is 0.350 e. The molecule has 2 rings (SSSR count). The van der Waals surface area contributed by atoms with Crippen molar-refractivity contribution in [1.29, 1.82) is 0 Å². The molecule has 0 spiro atoms. The average Bonchev–Trinajstić information content (AvgIpc) is 2.79. The third-order valence-electron chi connectivity index (χ3n) is 3.13. The van der Waals surface area contributed by atoms with Gasteiger partial charge in [-0.2, -0.15) is 5.10 Å². The summed E-state index contributed by atoms with van der Waals surface area (Å²) in [5.74, 6) is 0.0772. The zero-order chi connectivity index (χ0) is 11.4. The molecule has 0 saturated carbocycles. The fraction of sp³-hybridized carbons (Fsp3) is 0.636. The average molecular weight is 222 g/mol. The molecule has 0 bridgehead atoms. The van der Waals surface area contributed by atoms with Gasteiger partial charge >= 0.3 is 0 Å². The highest BCUT2D eigenvalue weighted by molar-refractivity contribution is 5.85. The molecule has 3 N–H and O–H groups in total. The van der Waals surface area contributed by atoms with Crippen molar-refractivity contribution in [3.63, 3.8) is 0 Å². The number of aromatic amines is 1. The van der Waals surface area contributed by atoms with E-state index in [1.54, 1.807) is 12.4 Å². The molecular weight excluding hydrogens is 204 g/mol. The predicted octanol–water partition coefficient (Wildman–Crippen LogP) is 0.558. The van der Waals surface area contributed by atoms with E-state index in [0.717, 1.165) is 31.4 Å². The molecule has 2 heterocycles. The number of hydrogen-bond acceptors (Lipinski definition) is 3. The number of piperidine rings is 1. The van der Waals surface area contributed by atoms with Crippen LogP contribution in [0.3, 0.4) is 0 Å². The van der Waals surface area contributed by atoms with Crippen LogP contribution in [0.5, 0.6) is 0 Å². The molecule has 0 radical (unpaired) electrons. The molecule has 1 aliphatic rings. The lowest BCUT2D eigenvalue weighted by Crippen LogP contribution is -2.56. The summed E-state index contributed by atoms with van der Waals surface area (Å²) < 4.78 is 0. The van der Waals surface area contributed by atoms with Crippen molar-refractivity contribution in [2.75, 3.05) is 6.54 Å². The van der Waals surface area contributed by atoms with Crippen LogP contribution in [-0.4, -0.2) is 28.2 Å². The molecule has 16 heavy (non-hydrogen) atoms. The fourth-order valence-electron chi connectivity index (χ4n) is 2.00. The van der Waals surface area contributed by atoms with Crippen LogP contribution in [0.1, 0.15) is 31.7 Å². The van der Waals surface area contributed by atoms with Crippen LogP contribution >= 0.6 is 0 Å². The molecule has 5 heteroatoms. The van der Waals surface area contributed by atoms with Crippen molar-refractivity contribution in [1.82, 2.24) is 20.8 Å². The molecule has 0 aliphatic carbocycles. The molecular formula is C11H18N4O. The van der Waals surface area contributed by atoms with Crippen LogP contribution in [0.15, 0.2) is 12.4 Å². The number of H-pyrrole nitrogens is 1. The quantitative estimate of drug-likeness (QED) is 0.700. The van der Waals surface area contributed by atoms with Crippen molar-refractivity contribution in [3.8, 4) is 0 Å². The maximum Gasteiger partial charge on any atom is 0.240 e. The zero-order valence-electron chi connectivity index (χ0n) is 9.55. The van der Waals surface area contributed by atoms with Gasteiger partial charge in [-0.15, -0.1) is 0 Å². The van der Waals surface area contributed by atoms with Crippen molar-refractivity contribution < 1.29 is 4.79 Å². The Morgan fingerprint density at radius 2 is 2.50 bits per heavy atom. The molecule has 5 nitrogen and oxygen atoms in total. The van der Waals surface area contributed by atoms with Crippen LogP contribution in [0.2, 0.25) is 0 Å². The van der Waals surface area contributed by atoms with E-state index in [1.807, 2.05) is 6.92 Å². The van der Waals surface area contributed by atoms with E-state index in [-0.39, 0.29) is 5.91 Å². The Morgan fingerprint density at radius 1 is 1.62 bits per heavy atom. The summed E-state index contributed by atoms with van der Waals surface area (Å²) in [6.07, 6.45) is 6.69. The van der Waals surface area contributed by atoms with E-state index in [4.69, 9.17) is 0 Å². The first-order valence-electron chi connectivity index (χ1n) is 5.72. The standard InChI is InChI=1S/C11H18N4O/c1-11(4-2-3-5-13-11)10(16)12-6-9-7-14-15-8-9/h7-8,13H,2-6H2,1H3,(H,12,16)(H,14,15). The summed E-state index contributed by atoms with van der Waals surface area (Å²) >= 11 is 0. The normalized spacial score (nSPS) is 25.3. The van der Waals surface area contributed by atoms with Gasteiger partial charge in [0.25, 0.3) is 0 Å². The molecule has 1 aromatic rings. The number of nitrogens with zero attached hydrogens (tertiary/aromatic N) is 1. The summed E-state index contributed by atoms with van der Waals surface area (Å²) in [7, 11) is 0. The lowest BCUT2D eigenvalue weighted by molar-refractivity contribution is -0.128. The first kappa shape index (κ1) is 11.1. The SMILES string of the molecule is CC1(C(=O)NCc2cn[nH]c2)CCCCN1. The highest BCUT2D eigenvalue weighted by atomic mass is 16.2. The van der Waals surface area contributed by atoms with Crippen LogP contribution < -0.4 is 10.6 Å². The molecule has 1 aliphatic heterocycles. The molecule has 1 unspecified atom stereocenters. The number of rotatable bonds is 3. The van der Waals surface area contributed by atoms with Gasteiger partial charge in [-0.3, -0.25) is 9.89 Å². The summed E-state index contributed by atoms with van der Waals surface area (Å²) in [5, 5.41) is 12.8. The number of aromatic nitrogens is 2. The molecule has 1 aromatic heterocycles. The monoisotopic (exact) mass is 222 g/mol. The van der Waals surface area contributed by atoms with Crippen LogP contribution in [0.4, 0.5) is 0 Å². The lowest BCUT2D eigenvalue weighted by atomic mass is 9.90. The van der Waals surface area contributed by atoms with Gasteiger partial charge in [-0.05, 0) is 32.7 Å². The zero-order valence-corrected chi connectivity index (χ0v) is 9.55. The topological polar surface area (TPSA) is 69.8 Å². The Hall–Kier alpha value is -1.36. The van der Waals surface area contributed by atoms with Crippen molar-refractivity contribution in [2.24, 2.45) is 0 Å². The number of carbonyl (C=O) groups excluding carboxylic acids is 1. The Labute approximate surface area is 95.0 Å². The molecule has 1 atom stereocenters. The van der Waals surface area contributed by atoms with Gasteiger partial charge in [0.15, 0.2) is 0 Å². The minimum atomic E-state index is -0.401. The van der Waals surface area contributed by atoms with Gasteiger partial charge in [0.05, 0.1) is 11.7 Å². The third kappa shape index (κ3) is 2.41. The van der Waals surface area contributed by atoms with Gasteiger partial charge < -0.3 is 10.6 Å². The fourth-order valence-corrected chi connectivity index (χ4v) is 2.00. The van der Waals surface area contributed by atoms with E-state index < -0.39 is 5.54 Å². The Morgan fingerprint density at radius 3 is 3.12 bits per heavy atom. The summed E-state index contributed by atoms with van der Waals surface area (Å²) in [6.45, 7) is 3.43. The lowest BCUT2D eigenvalue weighted by Gasteiger charge is -2.33. The second-order valence-corrected chi connectivity index (χ2v) is 4.51. The minimum Gasteiger partial charge on any atom is -0.350 e. The molecule has 1 saturated heterocycles. The van der Waals surface area contributed by atoms with Gasteiger partial charge in [0.2, 0.25) is 5.91 Å². The van der Waals surface area contributed by atoms with Crippen LogP contribution in [0.25, 0.3) is 0 Å². The highest BCUT2D eigenvalue weighted by Crippen LogP contribution is 2.18. The Kier molecular flexibility index (Phi) is 3.24. The van der Waals surface area contributed by atoms with E-state index in [9.17, 15) is 4.79 Å². The van der Waals surface area contributed by atoms with Crippen molar-refractivity contribution in [2.45, 2.75) is 38.3 Å². The van der Waals surface area contributed by atoms with Crippen molar-refractivity contribution in [3.05, 3.63) is 18.0 Å². The molecule has 0 aromatic carbocycles. The van der Waals surface area contributed by atoms with Gasteiger partial charge in [0, 0.05) is 18.3 Å². The predicted molar refractivity (Wildman–Crippen MR) is 60.7 cm³/mol. The van der Waals surface area contributed by atoms with Crippen LogP contribution in [-0.2, 0) is 11.3 Å². The van der Waals surface area contributed by atoms with E-state index in [1.165, 1.54) is 0 Å². The van der Waals surface area contributed by atoms with E-state index in [0.29, 0.717) is 6.54 Å². The summed E-state index contributed by atoms with van der Waals surface area (Å²) in [6, 6.07) is 0. The summed E-state index contributed by atoms with van der Waals surface area (Å²) in [5.41, 5.74) is 0.592. The van der Waals surface area contributed by atoms with E-state index >= 15 is 0 Å². The first-order chi connectivity index (χ1) is 7.71. The highest BCUT2D eigenvalue weighted by Gasteiger charge is 2.33. The van der Waals surface area contributed by atoms with Gasteiger partial charge in [-0.1, -0.05) is 0 Å². The van der Waals surface area contributed by atoms with Gasteiger partial charge in [-0.25, -0.2) is 0 Å². The Bertz CT molecular complexity index is 341. The maximum atomic E-state index is 12.0. The maximum absolute atomic E-state index is 12.0.